The first-order valence-corrected chi connectivity index (χ1v) is 8.08. The van der Waals surface area contributed by atoms with Gasteiger partial charge in [0, 0.05) is 38.6 Å². The number of hydrogen-bond donors (Lipinski definition) is 1. The van der Waals surface area contributed by atoms with Crippen LogP contribution in [-0.2, 0) is 12.4 Å². The quantitative estimate of drug-likeness (QED) is 0.543. The Labute approximate surface area is 173 Å². The molecular formula is C16H19Cl2F9N2. The molecule has 2 rings (SSSR count). The van der Waals surface area contributed by atoms with Crippen molar-refractivity contribution in [2.75, 3.05) is 26.2 Å². The summed E-state index contributed by atoms with van der Waals surface area (Å²) in [5, 5.41) is 2.94. The molecule has 0 bridgehead atoms. The molecule has 1 fully saturated rings. The van der Waals surface area contributed by atoms with Crippen LogP contribution in [0, 0.1) is 0 Å². The van der Waals surface area contributed by atoms with E-state index >= 15 is 0 Å². The second-order valence-electron chi connectivity index (χ2n) is 6.29. The molecule has 0 aromatic heterocycles. The monoisotopic (exact) mass is 480 g/mol. The number of halogens is 11. The zero-order valence-electron chi connectivity index (χ0n) is 14.7. The van der Waals surface area contributed by atoms with Crippen molar-refractivity contribution in [2.45, 2.75) is 37.4 Å². The lowest BCUT2D eigenvalue weighted by Crippen LogP contribution is -2.45. The van der Waals surface area contributed by atoms with Gasteiger partial charge in [-0.1, -0.05) is 0 Å². The first kappa shape index (κ1) is 28.1. The standard InChI is InChI=1S/C16H17F9N2.2ClH/c17-14(18,19)2-1-13(27-5-3-26-4-6-27)10-7-11(15(20,21)22)9-12(8-10)16(23,24)25;;/h7-9,13,26H,1-6H2;2*1H/t13-;;/m1../s1. The summed E-state index contributed by atoms with van der Waals surface area (Å²) in [7, 11) is 0. The van der Waals surface area contributed by atoms with Gasteiger partial charge in [-0.3, -0.25) is 4.90 Å². The van der Waals surface area contributed by atoms with Crippen molar-refractivity contribution in [2.24, 2.45) is 0 Å². The molecule has 170 valence electrons. The van der Waals surface area contributed by atoms with Gasteiger partial charge in [-0.05, 0) is 30.2 Å². The zero-order valence-corrected chi connectivity index (χ0v) is 16.4. The highest BCUT2D eigenvalue weighted by molar-refractivity contribution is 5.85. The van der Waals surface area contributed by atoms with E-state index < -0.39 is 54.1 Å². The van der Waals surface area contributed by atoms with Crippen LogP contribution in [0.15, 0.2) is 18.2 Å². The van der Waals surface area contributed by atoms with E-state index in [0.29, 0.717) is 25.2 Å². The van der Waals surface area contributed by atoms with Crippen LogP contribution >= 0.6 is 24.8 Å². The maximum absolute atomic E-state index is 13.0. The average molecular weight is 481 g/mol. The van der Waals surface area contributed by atoms with Crippen LogP contribution in [0.2, 0.25) is 0 Å². The topological polar surface area (TPSA) is 15.3 Å². The van der Waals surface area contributed by atoms with E-state index in [2.05, 4.69) is 5.32 Å². The van der Waals surface area contributed by atoms with Gasteiger partial charge in [-0.15, -0.1) is 24.8 Å². The number of alkyl halides is 9. The summed E-state index contributed by atoms with van der Waals surface area (Å²) in [6.45, 7) is 1.21. The Morgan fingerprint density at radius 3 is 1.62 bits per heavy atom. The van der Waals surface area contributed by atoms with Crippen LogP contribution in [-0.4, -0.2) is 37.3 Å². The summed E-state index contributed by atoms with van der Waals surface area (Å²) >= 11 is 0. The molecule has 1 N–H and O–H groups in total. The fourth-order valence-corrected chi connectivity index (χ4v) is 3.03. The van der Waals surface area contributed by atoms with Crippen LogP contribution in [0.5, 0.6) is 0 Å². The Balaban J connectivity index is 0.00000392. The van der Waals surface area contributed by atoms with E-state index in [-0.39, 0.29) is 44.0 Å². The van der Waals surface area contributed by atoms with Gasteiger partial charge in [-0.2, -0.15) is 39.5 Å². The van der Waals surface area contributed by atoms with Crippen LogP contribution in [0.3, 0.4) is 0 Å². The number of nitrogens with one attached hydrogen (secondary N) is 1. The van der Waals surface area contributed by atoms with Gasteiger partial charge in [0.1, 0.15) is 0 Å². The minimum absolute atomic E-state index is 0. The van der Waals surface area contributed by atoms with E-state index in [1.165, 1.54) is 4.90 Å². The fourth-order valence-electron chi connectivity index (χ4n) is 3.03. The van der Waals surface area contributed by atoms with Gasteiger partial charge >= 0.3 is 18.5 Å². The van der Waals surface area contributed by atoms with Crippen molar-refractivity contribution < 1.29 is 39.5 Å². The molecule has 1 aliphatic rings. The number of nitrogens with zero attached hydrogens (tertiary/aromatic N) is 1. The first-order chi connectivity index (χ1) is 12.3. The molecule has 2 nitrogen and oxygen atoms in total. The van der Waals surface area contributed by atoms with Crippen LogP contribution in [0.1, 0.15) is 35.6 Å². The molecule has 0 aliphatic carbocycles. The summed E-state index contributed by atoms with van der Waals surface area (Å²) < 4.78 is 116. The molecule has 0 saturated carbocycles. The summed E-state index contributed by atoms with van der Waals surface area (Å²) in [5.74, 6) is 0. The van der Waals surface area contributed by atoms with E-state index in [1.54, 1.807) is 0 Å². The third kappa shape index (κ3) is 8.39. The summed E-state index contributed by atoms with van der Waals surface area (Å²) in [6, 6.07) is -0.198. The average Bonchev–Trinajstić information content (AvgIpc) is 2.53. The largest absolute Gasteiger partial charge is 0.416 e. The van der Waals surface area contributed by atoms with Crippen LogP contribution in [0.25, 0.3) is 0 Å². The lowest BCUT2D eigenvalue weighted by atomic mass is 9.95. The molecular weight excluding hydrogens is 462 g/mol. The lowest BCUT2D eigenvalue weighted by Gasteiger charge is -2.36. The first-order valence-electron chi connectivity index (χ1n) is 8.08. The smallest absolute Gasteiger partial charge is 0.314 e. The molecule has 1 aliphatic heterocycles. The van der Waals surface area contributed by atoms with Crippen molar-refractivity contribution in [3.63, 3.8) is 0 Å². The SMILES string of the molecule is Cl.Cl.FC(F)(F)CC[C@H](c1cc(C(F)(F)F)cc(C(F)(F)F)c1)N1CCNCC1. The molecule has 0 spiro atoms. The van der Waals surface area contributed by atoms with E-state index in [0.717, 1.165) is 0 Å². The van der Waals surface area contributed by atoms with E-state index in [9.17, 15) is 39.5 Å². The molecule has 29 heavy (non-hydrogen) atoms. The van der Waals surface area contributed by atoms with Crippen molar-refractivity contribution in [1.29, 1.82) is 0 Å². The highest BCUT2D eigenvalue weighted by atomic mass is 35.5. The summed E-state index contributed by atoms with van der Waals surface area (Å²) in [5.41, 5.74) is -3.47. The minimum Gasteiger partial charge on any atom is -0.314 e. The second-order valence-corrected chi connectivity index (χ2v) is 6.29. The summed E-state index contributed by atoms with van der Waals surface area (Å²) in [6.07, 6.45) is -16.6. The Morgan fingerprint density at radius 2 is 1.24 bits per heavy atom. The third-order valence-electron chi connectivity index (χ3n) is 4.29. The third-order valence-corrected chi connectivity index (χ3v) is 4.29. The van der Waals surface area contributed by atoms with Crippen molar-refractivity contribution in [3.8, 4) is 0 Å². The number of rotatable bonds is 4. The summed E-state index contributed by atoms with van der Waals surface area (Å²) in [4.78, 5) is 1.48. The molecule has 1 aromatic rings. The lowest BCUT2D eigenvalue weighted by molar-refractivity contribution is -0.144. The highest BCUT2D eigenvalue weighted by Gasteiger charge is 2.39. The van der Waals surface area contributed by atoms with Gasteiger partial charge in [0.2, 0.25) is 0 Å². The van der Waals surface area contributed by atoms with Gasteiger partial charge in [-0.25, -0.2) is 0 Å². The van der Waals surface area contributed by atoms with Crippen molar-refractivity contribution in [3.05, 3.63) is 34.9 Å². The van der Waals surface area contributed by atoms with E-state index in [1.807, 2.05) is 0 Å². The number of benzene rings is 1. The van der Waals surface area contributed by atoms with Gasteiger partial charge in [0.05, 0.1) is 11.1 Å². The fraction of sp³-hybridized carbons (Fsp3) is 0.625. The highest BCUT2D eigenvalue weighted by Crippen LogP contribution is 2.40. The Kier molecular flexibility index (Phi) is 10.1. The predicted octanol–water partition coefficient (Wildman–Crippen LogP) is 5.86. The van der Waals surface area contributed by atoms with E-state index in [4.69, 9.17) is 0 Å². The zero-order chi connectivity index (χ0) is 20.5. The Bertz CT molecular complexity index is 606. The van der Waals surface area contributed by atoms with Gasteiger partial charge in [0.15, 0.2) is 0 Å². The van der Waals surface area contributed by atoms with Gasteiger partial charge < -0.3 is 5.32 Å². The molecule has 0 radical (unpaired) electrons. The number of piperazine rings is 1. The number of hydrogen-bond acceptors (Lipinski definition) is 2. The Hall–Kier alpha value is -0.910. The second kappa shape index (κ2) is 10.4. The minimum atomic E-state index is -5.05. The van der Waals surface area contributed by atoms with Crippen molar-refractivity contribution in [1.82, 2.24) is 10.2 Å². The molecule has 1 saturated heterocycles. The predicted molar refractivity (Wildman–Crippen MR) is 93.4 cm³/mol. The Morgan fingerprint density at radius 1 is 0.793 bits per heavy atom. The molecule has 1 aromatic carbocycles. The maximum Gasteiger partial charge on any atom is 0.416 e. The van der Waals surface area contributed by atoms with Crippen LogP contribution in [0.4, 0.5) is 39.5 Å². The van der Waals surface area contributed by atoms with Gasteiger partial charge in [0.25, 0.3) is 0 Å². The maximum atomic E-state index is 13.0. The molecule has 1 atom stereocenters. The molecule has 0 unspecified atom stereocenters. The van der Waals surface area contributed by atoms with Crippen LogP contribution < -0.4 is 5.32 Å². The molecule has 13 heteroatoms. The van der Waals surface area contributed by atoms with Crippen molar-refractivity contribution >= 4 is 24.8 Å². The normalized spacial score (nSPS) is 17.3. The molecule has 1 heterocycles. The molecule has 0 amide bonds.